The Hall–Kier alpha value is -4.15. The molecule has 3 fully saturated rings. The van der Waals surface area contributed by atoms with Crippen molar-refractivity contribution >= 4 is 29.4 Å². The van der Waals surface area contributed by atoms with Crippen LogP contribution in [0.15, 0.2) is 11.6 Å². The van der Waals surface area contributed by atoms with E-state index in [1.54, 1.807) is 0 Å². The summed E-state index contributed by atoms with van der Waals surface area (Å²) in [6, 6.07) is 0. The summed E-state index contributed by atoms with van der Waals surface area (Å²) in [6.45, 7) is 3.70. The smallest absolute Gasteiger partial charge is 0.308 e. The second-order valence-corrected chi connectivity index (χ2v) is 13.7. The third-order valence-corrected chi connectivity index (χ3v) is 10.8. The number of hydrogen-bond donors (Lipinski definition) is 3. The van der Waals surface area contributed by atoms with Gasteiger partial charge in [0.15, 0.2) is 11.6 Å². The van der Waals surface area contributed by atoms with Crippen molar-refractivity contribution in [2.24, 2.45) is 34.5 Å². The van der Waals surface area contributed by atoms with Crippen molar-refractivity contribution in [2.45, 2.75) is 97.0 Å². The van der Waals surface area contributed by atoms with Crippen LogP contribution in [0.5, 0.6) is 0 Å². The van der Waals surface area contributed by atoms with Crippen LogP contribution < -0.4 is 5.32 Å². The minimum Gasteiger partial charge on any atom is -0.481 e. The molecule has 0 saturated heterocycles. The normalized spacial score (nSPS) is 29.7. The van der Waals surface area contributed by atoms with Crippen LogP contribution >= 0.6 is 0 Å². The molecule has 0 aromatic carbocycles. The summed E-state index contributed by atoms with van der Waals surface area (Å²) < 4.78 is 5.24. The van der Waals surface area contributed by atoms with E-state index in [9.17, 15) is 49.3 Å². The van der Waals surface area contributed by atoms with Crippen molar-refractivity contribution in [3.63, 3.8) is 0 Å². The highest BCUT2D eigenvalue weighted by Gasteiger charge is 2.62. The van der Waals surface area contributed by atoms with Gasteiger partial charge in [0.05, 0.1) is 25.7 Å². The number of carboxylic acids is 1. The van der Waals surface area contributed by atoms with Crippen molar-refractivity contribution in [1.29, 1.82) is 0 Å². The van der Waals surface area contributed by atoms with Gasteiger partial charge < -0.3 is 29.9 Å². The molecule has 3 N–H and O–H groups in total. The summed E-state index contributed by atoms with van der Waals surface area (Å²) in [5, 5.41) is 39.8. The summed E-state index contributed by atoms with van der Waals surface area (Å²) in [5.41, 5.74) is 0.646. The van der Waals surface area contributed by atoms with Crippen LogP contribution in [0.4, 0.5) is 0 Å². The first-order chi connectivity index (χ1) is 23.1. The van der Waals surface area contributed by atoms with Crippen LogP contribution in [-0.2, 0) is 38.4 Å². The molecular formula is C32H47N3O14. The quantitative estimate of drug-likeness (QED) is 0.0908. The molecule has 7 unspecified atom stereocenters. The van der Waals surface area contributed by atoms with E-state index in [1.807, 2.05) is 6.08 Å². The first-order valence-electron chi connectivity index (χ1n) is 16.7. The Balaban J connectivity index is 0.000000565. The number of hydrogen-bond acceptors (Lipinski definition) is 13. The molecular weight excluding hydrogens is 650 g/mol. The molecule has 1 amide bonds. The molecule has 49 heavy (non-hydrogen) atoms. The van der Waals surface area contributed by atoms with E-state index in [4.69, 9.17) is 9.84 Å². The number of carbonyl (C=O) groups is 5. The number of Topliss-reactive ketones (excluding diaryl/α,β-unsaturated/α-hetero) is 1. The Morgan fingerprint density at radius 3 is 2.27 bits per heavy atom. The average molecular weight is 698 g/mol. The number of amides is 1. The Labute approximate surface area is 283 Å². The molecule has 0 radical (unpaired) electrons. The molecule has 274 valence electrons. The van der Waals surface area contributed by atoms with Crippen molar-refractivity contribution in [2.75, 3.05) is 26.4 Å². The van der Waals surface area contributed by atoms with Gasteiger partial charge in [-0.1, -0.05) is 19.4 Å². The van der Waals surface area contributed by atoms with Crippen LogP contribution in [0.2, 0.25) is 0 Å². The Morgan fingerprint density at radius 1 is 0.980 bits per heavy atom. The topological polar surface area (TPSA) is 252 Å². The lowest BCUT2D eigenvalue weighted by atomic mass is 9.46. The van der Waals surface area contributed by atoms with E-state index in [-0.39, 0.29) is 98.6 Å². The lowest BCUT2D eigenvalue weighted by Crippen LogP contribution is -2.57. The predicted octanol–water partition coefficient (Wildman–Crippen LogP) is 2.77. The number of carbonyl (C=O) groups excluding carboxylic acids is 4. The molecule has 7 atom stereocenters. The third kappa shape index (κ3) is 10.4. The zero-order valence-electron chi connectivity index (χ0n) is 28.0. The Kier molecular flexibility index (Phi) is 14.0. The second kappa shape index (κ2) is 17.5. The lowest BCUT2D eigenvalue weighted by Gasteiger charge is -2.59. The van der Waals surface area contributed by atoms with E-state index in [2.05, 4.69) is 28.8 Å². The number of rotatable bonds is 16. The van der Waals surface area contributed by atoms with Gasteiger partial charge in [-0.05, 0) is 86.0 Å². The maximum atomic E-state index is 13.2. The van der Waals surface area contributed by atoms with E-state index < -0.39 is 28.2 Å². The molecule has 0 heterocycles. The van der Waals surface area contributed by atoms with Crippen LogP contribution in [-0.4, -0.2) is 82.3 Å². The maximum absolute atomic E-state index is 13.2. The number of ether oxygens (including phenoxy) is 1. The number of carboxylic acid groups (broad SMARTS) is 1. The standard InChI is InChI=1S/C28H40N2O9.C4H7NO5/c1-27-11-9-18(31)14-17(27)5-6-19-20-7-8-21(28(20,2)15-22(32)26(19)27)23(33)16-38-25(35)10-12-29-24(34)4-3-13-39-30(36)37;6-4(7)2-1-3-10-5(8)9/h14,19-22,26,32H,3-13,15-16H2,1-2H3,(H,29,34);1-3H2,(H,6,7). The molecule has 0 aliphatic heterocycles. The van der Waals surface area contributed by atoms with Gasteiger partial charge in [-0.25, -0.2) is 0 Å². The summed E-state index contributed by atoms with van der Waals surface area (Å²) in [4.78, 5) is 86.6. The monoisotopic (exact) mass is 697 g/mol. The highest BCUT2D eigenvalue weighted by atomic mass is 17.0. The van der Waals surface area contributed by atoms with Crippen LogP contribution in [0, 0.1) is 54.7 Å². The average Bonchev–Trinajstić information content (AvgIpc) is 3.37. The number of nitrogens with zero attached hydrogens (tertiary/aromatic N) is 2. The minimum absolute atomic E-state index is 0.0331. The molecule has 3 saturated carbocycles. The first kappa shape index (κ1) is 39.3. The van der Waals surface area contributed by atoms with Crippen LogP contribution in [0.3, 0.4) is 0 Å². The molecule has 0 aromatic rings. The first-order valence-corrected chi connectivity index (χ1v) is 16.7. The molecule has 17 heteroatoms. The molecule has 17 nitrogen and oxygen atoms in total. The number of aliphatic carboxylic acids is 1. The number of aliphatic hydroxyl groups excluding tert-OH is 1. The highest BCUT2D eigenvalue weighted by molar-refractivity contribution is 5.91. The summed E-state index contributed by atoms with van der Waals surface area (Å²) >= 11 is 0. The van der Waals surface area contributed by atoms with E-state index in [0.29, 0.717) is 31.1 Å². The van der Waals surface area contributed by atoms with Gasteiger partial charge in [0, 0.05) is 31.7 Å². The summed E-state index contributed by atoms with van der Waals surface area (Å²) in [7, 11) is 0. The zero-order chi connectivity index (χ0) is 36.4. The number of fused-ring (bicyclic) bond motifs is 5. The number of allylic oxidation sites excluding steroid dienone is 1. The van der Waals surface area contributed by atoms with Gasteiger partial charge in [-0.15, -0.1) is 20.2 Å². The summed E-state index contributed by atoms with van der Waals surface area (Å²) in [5.74, 6) is -1.47. The molecule has 0 bridgehead atoms. The Morgan fingerprint density at radius 2 is 1.63 bits per heavy atom. The SMILES string of the molecule is CC12CCC(=O)C=C1CCC1C2C(O)CC2(C)C(C(=O)COC(=O)CCNC(=O)CCCO[N+](=O)[O-])CCC12.O=C(O)CCCO[N+](=O)[O-]. The Bertz CT molecular complexity index is 1290. The van der Waals surface area contributed by atoms with E-state index in [0.717, 1.165) is 25.7 Å². The number of ketones is 2. The van der Waals surface area contributed by atoms with Crippen molar-refractivity contribution in [3.8, 4) is 0 Å². The molecule has 4 rings (SSSR count). The van der Waals surface area contributed by atoms with Gasteiger partial charge in [-0.3, -0.25) is 24.0 Å². The van der Waals surface area contributed by atoms with Gasteiger partial charge >= 0.3 is 11.9 Å². The number of nitrogens with one attached hydrogen (secondary N) is 1. The molecule has 0 spiro atoms. The van der Waals surface area contributed by atoms with Gasteiger partial charge in [-0.2, -0.15) is 0 Å². The van der Waals surface area contributed by atoms with E-state index >= 15 is 0 Å². The predicted molar refractivity (Wildman–Crippen MR) is 167 cm³/mol. The van der Waals surface area contributed by atoms with Crippen molar-refractivity contribution in [3.05, 3.63) is 31.9 Å². The molecule has 4 aliphatic rings. The van der Waals surface area contributed by atoms with Crippen LogP contribution in [0.25, 0.3) is 0 Å². The van der Waals surface area contributed by atoms with Gasteiger partial charge in [0.1, 0.15) is 6.61 Å². The minimum atomic E-state index is -0.980. The van der Waals surface area contributed by atoms with Crippen LogP contribution in [0.1, 0.15) is 90.9 Å². The fourth-order valence-electron chi connectivity index (χ4n) is 8.67. The largest absolute Gasteiger partial charge is 0.481 e. The number of aliphatic hydroxyl groups is 1. The molecule has 0 aromatic heterocycles. The summed E-state index contributed by atoms with van der Waals surface area (Å²) in [6.07, 6.45) is 6.66. The third-order valence-electron chi connectivity index (χ3n) is 10.8. The van der Waals surface area contributed by atoms with Gasteiger partial charge in [0.25, 0.3) is 10.2 Å². The zero-order valence-corrected chi connectivity index (χ0v) is 28.0. The van der Waals surface area contributed by atoms with Crippen molar-refractivity contribution in [1.82, 2.24) is 5.32 Å². The van der Waals surface area contributed by atoms with Crippen molar-refractivity contribution < 1.29 is 58.8 Å². The van der Waals surface area contributed by atoms with Gasteiger partial charge in [0.2, 0.25) is 5.91 Å². The maximum Gasteiger partial charge on any atom is 0.308 e. The second-order valence-electron chi connectivity index (χ2n) is 13.7. The van der Waals surface area contributed by atoms with E-state index in [1.165, 1.54) is 5.57 Å². The molecule has 4 aliphatic carbocycles. The fourth-order valence-corrected chi connectivity index (χ4v) is 8.67. The highest BCUT2D eigenvalue weighted by Crippen LogP contribution is 2.66. The number of esters is 1. The lowest BCUT2D eigenvalue weighted by molar-refractivity contribution is -0.757. The fraction of sp³-hybridized carbons (Fsp3) is 0.781.